The molecule has 8 heteroatoms. The van der Waals surface area contributed by atoms with Crippen molar-refractivity contribution in [2.45, 2.75) is 10.1 Å². The van der Waals surface area contributed by atoms with E-state index in [-0.39, 0.29) is 16.2 Å². The molecule has 2 aromatic rings. The summed E-state index contributed by atoms with van der Waals surface area (Å²) in [6.07, 6.45) is 3.45. The number of carboxylic acid groups (broad SMARTS) is 1. The molecule has 0 aliphatic rings. The average molecular weight is 326 g/mol. The molecule has 0 aliphatic heterocycles. The highest BCUT2D eigenvalue weighted by atomic mass is 32.2. The van der Waals surface area contributed by atoms with Gasteiger partial charge in [-0.1, -0.05) is 11.8 Å². The van der Waals surface area contributed by atoms with Crippen LogP contribution in [-0.4, -0.2) is 40.6 Å². The van der Waals surface area contributed by atoms with Crippen molar-refractivity contribution in [3.63, 3.8) is 0 Å². The number of benzene rings is 1. The predicted molar refractivity (Wildman–Crippen MR) is 79.4 cm³/mol. The predicted octanol–water partition coefficient (Wildman–Crippen LogP) is 1.68. The van der Waals surface area contributed by atoms with Gasteiger partial charge in [0.1, 0.15) is 0 Å². The third-order valence-electron chi connectivity index (χ3n) is 2.82. The zero-order valence-corrected chi connectivity index (χ0v) is 12.9. The highest BCUT2D eigenvalue weighted by Crippen LogP contribution is 2.18. The number of carboxylic acids is 1. The third-order valence-corrected chi connectivity index (χ3v) is 5.87. The topological polar surface area (TPSA) is 89.3 Å². The Bertz CT molecular complexity index is 736. The number of aromatic nitrogens is 2. The summed E-state index contributed by atoms with van der Waals surface area (Å²) in [5.74, 6) is -0.727. The van der Waals surface area contributed by atoms with Crippen molar-refractivity contribution >= 4 is 27.6 Å². The van der Waals surface area contributed by atoms with Gasteiger partial charge in [0.2, 0.25) is 0 Å². The van der Waals surface area contributed by atoms with Gasteiger partial charge in [-0.25, -0.2) is 18.2 Å². The molecular formula is C13H14N2O4S2. The highest BCUT2D eigenvalue weighted by molar-refractivity contribution is 8.00. The third kappa shape index (κ3) is 3.85. The Morgan fingerprint density at radius 2 is 2.00 bits per heavy atom. The van der Waals surface area contributed by atoms with Gasteiger partial charge in [0.05, 0.1) is 16.2 Å². The Morgan fingerprint density at radius 3 is 2.52 bits per heavy atom. The maximum absolute atomic E-state index is 12.1. The smallest absolute Gasteiger partial charge is 0.335 e. The number of imidazole rings is 1. The quantitative estimate of drug-likeness (QED) is 0.813. The fourth-order valence-corrected chi connectivity index (χ4v) is 4.24. The van der Waals surface area contributed by atoms with Gasteiger partial charge in [-0.2, -0.15) is 0 Å². The molecule has 0 bridgehead atoms. The summed E-state index contributed by atoms with van der Waals surface area (Å²) in [5.41, 5.74) is 0.0661. The molecular weight excluding hydrogens is 312 g/mol. The Morgan fingerprint density at radius 1 is 1.33 bits per heavy atom. The number of hydrogen-bond acceptors (Lipinski definition) is 5. The lowest BCUT2D eigenvalue weighted by Crippen LogP contribution is -2.09. The minimum atomic E-state index is -3.42. The molecule has 1 aromatic heterocycles. The lowest BCUT2D eigenvalue weighted by Gasteiger charge is -2.05. The molecule has 6 nitrogen and oxygen atoms in total. The van der Waals surface area contributed by atoms with Crippen molar-refractivity contribution in [3.05, 3.63) is 42.2 Å². The summed E-state index contributed by atoms with van der Waals surface area (Å²) in [5, 5.41) is 9.55. The first-order valence-electron chi connectivity index (χ1n) is 6.06. The molecule has 0 saturated heterocycles. The summed E-state index contributed by atoms with van der Waals surface area (Å²) in [4.78, 5) is 15.0. The molecule has 1 aromatic carbocycles. The standard InChI is InChI=1S/C13H14N2O4S2/c1-15-7-6-14-13(15)20-8-9-21(18,19)11-4-2-10(3-5-11)12(16)17/h2-7H,8-9H2,1H3,(H,16,17). The molecule has 0 spiro atoms. The van der Waals surface area contributed by atoms with E-state index in [0.717, 1.165) is 5.16 Å². The van der Waals surface area contributed by atoms with E-state index in [0.29, 0.717) is 5.75 Å². The lowest BCUT2D eigenvalue weighted by molar-refractivity contribution is 0.0696. The summed E-state index contributed by atoms with van der Waals surface area (Å²) in [6.45, 7) is 0. The normalized spacial score (nSPS) is 11.5. The van der Waals surface area contributed by atoms with Gasteiger partial charge in [0.15, 0.2) is 15.0 Å². The van der Waals surface area contributed by atoms with Crippen LogP contribution in [0.3, 0.4) is 0 Å². The number of aryl methyl sites for hydroxylation is 1. The number of hydrogen-bond donors (Lipinski definition) is 1. The molecule has 0 radical (unpaired) electrons. The van der Waals surface area contributed by atoms with E-state index in [1.165, 1.54) is 36.0 Å². The largest absolute Gasteiger partial charge is 0.478 e. The van der Waals surface area contributed by atoms with Crippen LogP contribution < -0.4 is 0 Å². The molecule has 0 atom stereocenters. The zero-order valence-electron chi connectivity index (χ0n) is 11.3. The van der Waals surface area contributed by atoms with Crippen molar-refractivity contribution in [3.8, 4) is 0 Å². The Hall–Kier alpha value is -1.80. The van der Waals surface area contributed by atoms with Gasteiger partial charge < -0.3 is 9.67 Å². The van der Waals surface area contributed by atoms with Crippen LogP contribution in [-0.2, 0) is 16.9 Å². The number of aromatic carboxylic acids is 1. The summed E-state index contributed by atoms with van der Waals surface area (Å²) in [7, 11) is -1.58. The number of thioether (sulfide) groups is 1. The maximum Gasteiger partial charge on any atom is 0.335 e. The fraction of sp³-hybridized carbons (Fsp3) is 0.231. The van der Waals surface area contributed by atoms with Gasteiger partial charge in [-0.3, -0.25) is 0 Å². The van der Waals surface area contributed by atoms with Gasteiger partial charge >= 0.3 is 5.97 Å². The highest BCUT2D eigenvalue weighted by Gasteiger charge is 2.15. The molecule has 0 fully saturated rings. The van der Waals surface area contributed by atoms with E-state index in [2.05, 4.69) is 4.98 Å². The number of nitrogens with zero attached hydrogens (tertiary/aromatic N) is 2. The second-order valence-electron chi connectivity index (χ2n) is 4.32. The summed E-state index contributed by atoms with van der Waals surface area (Å²) in [6, 6.07) is 5.23. The maximum atomic E-state index is 12.1. The minimum Gasteiger partial charge on any atom is -0.478 e. The van der Waals surface area contributed by atoms with Gasteiger partial charge in [0, 0.05) is 25.2 Å². The molecule has 1 N–H and O–H groups in total. The van der Waals surface area contributed by atoms with E-state index in [4.69, 9.17) is 5.11 Å². The van der Waals surface area contributed by atoms with E-state index in [1.54, 1.807) is 12.4 Å². The van der Waals surface area contributed by atoms with Gasteiger partial charge in [-0.05, 0) is 24.3 Å². The second kappa shape index (κ2) is 6.31. The van der Waals surface area contributed by atoms with Crippen molar-refractivity contribution < 1.29 is 18.3 Å². The molecule has 0 amide bonds. The number of sulfone groups is 1. The number of carbonyl (C=O) groups is 1. The number of rotatable bonds is 6. The van der Waals surface area contributed by atoms with E-state index in [1.807, 2.05) is 11.6 Å². The van der Waals surface area contributed by atoms with Gasteiger partial charge in [-0.15, -0.1) is 0 Å². The van der Waals surface area contributed by atoms with E-state index < -0.39 is 15.8 Å². The van der Waals surface area contributed by atoms with Crippen molar-refractivity contribution in [2.75, 3.05) is 11.5 Å². The molecule has 0 saturated carbocycles. The van der Waals surface area contributed by atoms with Crippen molar-refractivity contribution in [1.29, 1.82) is 0 Å². The molecule has 0 unspecified atom stereocenters. The van der Waals surface area contributed by atoms with E-state index in [9.17, 15) is 13.2 Å². The van der Waals surface area contributed by atoms with Crippen LogP contribution in [0.1, 0.15) is 10.4 Å². The summed E-state index contributed by atoms with van der Waals surface area (Å²) >= 11 is 1.36. The van der Waals surface area contributed by atoms with Crippen LogP contribution >= 0.6 is 11.8 Å². The summed E-state index contributed by atoms with van der Waals surface area (Å²) < 4.78 is 26.1. The first kappa shape index (κ1) is 15.6. The van der Waals surface area contributed by atoms with Crippen LogP contribution in [0, 0.1) is 0 Å². The fourth-order valence-electron chi connectivity index (χ4n) is 1.66. The molecule has 112 valence electrons. The van der Waals surface area contributed by atoms with Crippen LogP contribution in [0.4, 0.5) is 0 Å². The Kier molecular flexibility index (Phi) is 4.69. The SMILES string of the molecule is Cn1ccnc1SCCS(=O)(=O)c1ccc(C(=O)O)cc1. The monoisotopic (exact) mass is 326 g/mol. The average Bonchev–Trinajstić information content (AvgIpc) is 2.84. The Balaban J connectivity index is 2.01. The van der Waals surface area contributed by atoms with Crippen LogP contribution in [0.25, 0.3) is 0 Å². The minimum absolute atomic E-state index is 0.0308. The molecule has 2 rings (SSSR count). The zero-order chi connectivity index (χ0) is 15.5. The Labute approximate surface area is 126 Å². The van der Waals surface area contributed by atoms with Crippen LogP contribution in [0.2, 0.25) is 0 Å². The molecule has 1 heterocycles. The lowest BCUT2D eigenvalue weighted by atomic mass is 10.2. The first-order chi connectivity index (χ1) is 9.90. The van der Waals surface area contributed by atoms with Gasteiger partial charge in [0.25, 0.3) is 0 Å². The van der Waals surface area contributed by atoms with Crippen LogP contribution in [0.5, 0.6) is 0 Å². The van der Waals surface area contributed by atoms with Crippen molar-refractivity contribution in [2.24, 2.45) is 7.05 Å². The molecule has 0 aliphatic carbocycles. The molecule has 21 heavy (non-hydrogen) atoms. The van der Waals surface area contributed by atoms with Crippen LogP contribution in [0.15, 0.2) is 46.7 Å². The first-order valence-corrected chi connectivity index (χ1v) is 8.70. The second-order valence-corrected chi connectivity index (χ2v) is 7.49. The van der Waals surface area contributed by atoms with Crippen molar-refractivity contribution in [1.82, 2.24) is 9.55 Å². The van der Waals surface area contributed by atoms with E-state index >= 15 is 0 Å².